The van der Waals surface area contributed by atoms with Crippen molar-refractivity contribution >= 4 is 29.1 Å². The second kappa shape index (κ2) is 10.5. The van der Waals surface area contributed by atoms with Gasteiger partial charge in [-0.1, -0.05) is 6.07 Å². The average Bonchev–Trinajstić information content (AvgIpc) is 3.18. The van der Waals surface area contributed by atoms with Crippen LogP contribution in [-0.2, 0) is 19.1 Å². The molecule has 0 aliphatic carbocycles. The van der Waals surface area contributed by atoms with Crippen LogP contribution in [0, 0.1) is 12.8 Å². The summed E-state index contributed by atoms with van der Waals surface area (Å²) in [4.78, 5) is 40.7. The molecule has 2 aliphatic rings. The number of carbonyl (C=O) groups excluding carboxylic acids is 3. The first-order valence-corrected chi connectivity index (χ1v) is 10.7. The highest BCUT2D eigenvalue weighted by atomic mass is 16.5. The average molecular weight is 417 g/mol. The fourth-order valence-electron chi connectivity index (χ4n) is 4.02. The topological polar surface area (TPSA) is 91.0 Å². The highest BCUT2D eigenvalue weighted by Gasteiger charge is 2.24. The predicted molar refractivity (Wildman–Crippen MR) is 115 cm³/mol. The van der Waals surface area contributed by atoms with Crippen molar-refractivity contribution in [2.24, 2.45) is 5.92 Å². The number of piperidine rings is 1. The summed E-state index contributed by atoms with van der Waals surface area (Å²) in [5.74, 6) is -0.841. The van der Waals surface area contributed by atoms with Gasteiger partial charge >= 0.3 is 11.8 Å². The zero-order chi connectivity index (χ0) is 21.5. The zero-order valence-electron chi connectivity index (χ0n) is 17.9. The minimum absolute atomic E-state index is 0.0904. The Hall–Kier alpha value is -2.45. The maximum atomic E-state index is 12.3. The number of amides is 3. The number of hydrogen-bond acceptors (Lipinski definition) is 5. The second-order valence-electron chi connectivity index (χ2n) is 8.09. The number of likely N-dealkylation sites (tertiary alicyclic amines) is 1. The highest BCUT2D eigenvalue weighted by Crippen LogP contribution is 2.28. The molecule has 8 nitrogen and oxygen atoms in total. The third-order valence-electron chi connectivity index (χ3n) is 5.91. The van der Waals surface area contributed by atoms with Gasteiger partial charge in [0.25, 0.3) is 0 Å². The summed E-state index contributed by atoms with van der Waals surface area (Å²) in [5.41, 5.74) is 2.27. The Labute approximate surface area is 177 Å². The molecule has 2 aliphatic heterocycles. The molecular formula is C22H32N4O4. The van der Waals surface area contributed by atoms with Gasteiger partial charge in [-0.25, -0.2) is 0 Å². The molecule has 8 heteroatoms. The van der Waals surface area contributed by atoms with Crippen molar-refractivity contribution in [1.82, 2.24) is 10.2 Å². The molecule has 2 heterocycles. The van der Waals surface area contributed by atoms with Gasteiger partial charge in [-0.3, -0.25) is 14.4 Å². The van der Waals surface area contributed by atoms with Crippen LogP contribution in [0.25, 0.3) is 0 Å². The van der Waals surface area contributed by atoms with Gasteiger partial charge < -0.3 is 25.2 Å². The van der Waals surface area contributed by atoms with E-state index in [4.69, 9.17) is 4.74 Å². The Morgan fingerprint density at radius 1 is 1.17 bits per heavy atom. The van der Waals surface area contributed by atoms with Gasteiger partial charge in [-0.15, -0.1) is 0 Å². The van der Waals surface area contributed by atoms with Gasteiger partial charge in [-0.2, -0.15) is 0 Å². The van der Waals surface area contributed by atoms with E-state index in [0.717, 1.165) is 56.8 Å². The standard InChI is InChI=1S/C22H32N4O4/c1-16-5-6-18(14-19(16)26-9-3-4-20(26)27)24-22(29)21(28)23-15-17-7-10-25(11-8-17)12-13-30-2/h5-6,14,17H,3-4,7-13,15H2,1-2H3,(H,23,28)(H,24,29). The molecule has 0 spiro atoms. The molecule has 164 valence electrons. The maximum absolute atomic E-state index is 12.3. The number of nitrogens with one attached hydrogen (secondary N) is 2. The first-order valence-electron chi connectivity index (χ1n) is 10.7. The van der Waals surface area contributed by atoms with Crippen LogP contribution in [0.15, 0.2) is 18.2 Å². The van der Waals surface area contributed by atoms with Crippen molar-refractivity contribution in [2.45, 2.75) is 32.6 Å². The molecular weight excluding hydrogens is 384 g/mol. The lowest BCUT2D eigenvalue weighted by Gasteiger charge is -2.31. The second-order valence-corrected chi connectivity index (χ2v) is 8.09. The van der Waals surface area contributed by atoms with Crippen molar-refractivity contribution in [1.29, 1.82) is 0 Å². The van der Waals surface area contributed by atoms with E-state index in [1.165, 1.54) is 0 Å². The van der Waals surface area contributed by atoms with Crippen LogP contribution in [0.4, 0.5) is 11.4 Å². The summed E-state index contributed by atoms with van der Waals surface area (Å²) in [5, 5.41) is 5.41. The van der Waals surface area contributed by atoms with Gasteiger partial charge in [0.2, 0.25) is 5.91 Å². The highest BCUT2D eigenvalue weighted by molar-refractivity contribution is 6.39. The summed E-state index contributed by atoms with van der Waals surface area (Å²) in [7, 11) is 1.71. The van der Waals surface area contributed by atoms with Crippen LogP contribution in [-0.4, -0.2) is 69.1 Å². The lowest BCUT2D eigenvalue weighted by molar-refractivity contribution is -0.136. The van der Waals surface area contributed by atoms with E-state index in [9.17, 15) is 14.4 Å². The van der Waals surface area contributed by atoms with Crippen LogP contribution in [0.2, 0.25) is 0 Å². The molecule has 2 N–H and O–H groups in total. The number of carbonyl (C=O) groups is 3. The molecule has 3 rings (SSSR count). The molecule has 1 aromatic rings. The van der Waals surface area contributed by atoms with Crippen LogP contribution in [0.5, 0.6) is 0 Å². The number of ether oxygens (including phenoxy) is 1. The molecule has 1 aromatic carbocycles. The van der Waals surface area contributed by atoms with E-state index >= 15 is 0 Å². The largest absolute Gasteiger partial charge is 0.383 e. The Morgan fingerprint density at radius 2 is 1.93 bits per heavy atom. The molecule has 0 radical (unpaired) electrons. The SMILES string of the molecule is COCCN1CCC(CNC(=O)C(=O)Nc2ccc(C)c(N3CCCC3=O)c2)CC1. The third kappa shape index (κ3) is 5.79. The lowest BCUT2D eigenvalue weighted by Crippen LogP contribution is -2.42. The zero-order valence-corrected chi connectivity index (χ0v) is 17.9. The number of nitrogens with zero attached hydrogens (tertiary/aromatic N) is 2. The van der Waals surface area contributed by atoms with Gasteiger partial charge in [0.15, 0.2) is 0 Å². The lowest BCUT2D eigenvalue weighted by atomic mass is 9.97. The number of benzene rings is 1. The Morgan fingerprint density at radius 3 is 2.60 bits per heavy atom. The molecule has 30 heavy (non-hydrogen) atoms. The fourth-order valence-corrected chi connectivity index (χ4v) is 4.02. The minimum Gasteiger partial charge on any atom is -0.383 e. The molecule has 0 unspecified atom stereocenters. The van der Waals surface area contributed by atoms with Crippen molar-refractivity contribution in [2.75, 3.05) is 56.7 Å². The summed E-state index contributed by atoms with van der Waals surface area (Å²) < 4.78 is 5.11. The van der Waals surface area contributed by atoms with Crippen molar-refractivity contribution < 1.29 is 19.1 Å². The molecule has 0 bridgehead atoms. The minimum atomic E-state index is -0.685. The maximum Gasteiger partial charge on any atom is 0.313 e. The summed E-state index contributed by atoms with van der Waals surface area (Å²) in [6.07, 6.45) is 3.37. The van der Waals surface area contributed by atoms with Gasteiger partial charge in [0, 0.05) is 44.5 Å². The van der Waals surface area contributed by atoms with Crippen molar-refractivity contribution in [3.63, 3.8) is 0 Å². The van der Waals surface area contributed by atoms with E-state index in [-0.39, 0.29) is 5.91 Å². The number of anilines is 2. The third-order valence-corrected chi connectivity index (χ3v) is 5.91. The Balaban J connectivity index is 1.47. The molecule has 2 saturated heterocycles. The van der Waals surface area contributed by atoms with E-state index in [2.05, 4.69) is 15.5 Å². The normalized spacial score (nSPS) is 17.9. The fraction of sp³-hybridized carbons (Fsp3) is 0.591. The predicted octanol–water partition coefficient (Wildman–Crippen LogP) is 1.53. The van der Waals surface area contributed by atoms with Gasteiger partial charge in [0.05, 0.1) is 6.61 Å². The van der Waals surface area contributed by atoms with E-state index < -0.39 is 11.8 Å². The van der Waals surface area contributed by atoms with Gasteiger partial charge in [-0.05, 0) is 62.9 Å². The van der Waals surface area contributed by atoms with E-state index in [1.54, 1.807) is 24.1 Å². The smallest absolute Gasteiger partial charge is 0.313 e. The first kappa shape index (κ1) is 22.2. The summed E-state index contributed by atoms with van der Waals surface area (Å²) in [6.45, 7) is 6.75. The summed E-state index contributed by atoms with van der Waals surface area (Å²) >= 11 is 0. The Kier molecular flexibility index (Phi) is 7.81. The van der Waals surface area contributed by atoms with Crippen LogP contribution < -0.4 is 15.5 Å². The van der Waals surface area contributed by atoms with Crippen molar-refractivity contribution in [3.8, 4) is 0 Å². The first-order chi connectivity index (χ1) is 14.5. The quantitative estimate of drug-likeness (QED) is 0.658. The molecule has 2 fully saturated rings. The van der Waals surface area contributed by atoms with Gasteiger partial charge in [0.1, 0.15) is 0 Å². The van der Waals surface area contributed by atoms with Crippen LogP contribution >= 0.6 is 0 Å². The number of hydrogen-bond donors (Lipinski definition) is 2. The van der Waals surface area contributed by atoms with Crippen LogP contribution in [0.3, 0.4) is 0 Å². The van der Waals surface area contributed by atoms with E-state index in [0.29, 0.717) is 31.1 Å². The molecule has 3 amide bonds. The summed E-state index contributed by atoms with van der Waals surface area (Å²) in [6, 6.07) is 5.37. The number of rotatable bonds is 7. The van der Waals surface area contributed by atoms with Crippen LogP contribution in [0.1, 0.15) is 31.2 Å². The monoisotopic (exact) mass is 416 g/mol. The molecule has 0 atom stereocenters. The van der Waals surface area contributed by atoms with E-state index in [1.807, 2.05) is 13.0 Å². The number of methoxy groups -OCH3 is 1. The molecule has 0 aromatic heterocycles. The molecule has 0 saturated carbocycles. The van der Waals surface area contributed by atoms with Crippen molar-refractivity contribution in [3.05, 3.63) is 23.8 Å². The Bertz CT molecular complexity index is 774. The number of aryl methyl sites for hydroxylation is 1.